The van der Waals surface area contributed by atoms with Gasteiger partial charge >= 0.3 is 6.18 Å². The molecule has 1 unspecified atom stereocenters. The highest BCUT2D eigenvalue weighted by Gasteiger charge is 2.53. The maximum Gasteiger partial charge on any atom is 0.415 e. The first-order valence-corrected chi connectivity index (χ1v) is 5.57. The molecule has 1 atom stereocenters. The van der Waals surface area contributed by atoms with E-state index >= 15 is 0 Å². The summed E-state index contributed by atoms with van der Waals surface area (Å²) in [6.07, 6.45) is 0.997. The standard InChI is InChI=1S/C11H17F3N2O/c1-10(15,11(12,13)14)9(17)16-7-6-8-4-2-3-5-8/h4H,2-3,5-7,15H2,1H3,(H,16,17). The molecule has 1 aliphatic rings. The Hall–Kier alpha value is -1.04. The van der Waals surface area contributed by atoms with Crippen molar-refractivity contribution in [3.63, 3.8) is 0 Å². The van der Waals surface area contributed by atoms with E-state index in [9.17, 15) is 18.0 Å². The Morgan fingerprint density at radius 1 is 1.53 bits per heavy atom. The third kappa shape index (κ3) is 3.46. The Labute approximate surface area is 98.2 Å². The van der Waals surface area contributed by atoms with Gasteiger partial charge in [0, 0.05) is 6.54 Å². The lowest BCUT2D eigenvalue weighted by Crippen LogP contribution is -2.61. The van der Waals surface area contributed by atoms with Crippen molar-refractivity contribution in [3.05, 3.63) is 11.6 Å². The first kappa shape index (κ1) is 14.0. The van der Waals surface area contributed by atoms with Crippen LogP contribution in [-0.2, 0) is 4.79 Å². The van der Waals surface area contributed by atoms with Gasteiger partial charge in [-0.25, -0.2) is 0 Å². The number of hydrogen-bond acceptors (Lipinski definition) is 2. The van der Waals surface area contributed by atoms with Gasteiger partial charge < -0.3 is 11.1 Å². The SMILES string of the molecule is CC(N)(C(=O)NCCC1=CCCC1)C(F)(F)F. The van der Waals surface area contributed by atoms with E-state index in [0.29, 0.717) is 13.3 Å². The number of nitrogens with two attached hydrogens (primary N) is 1. The summed E-state index contributed by atoms with van der Waals surface area (Å²) in [5, 5.41) is 2.23. The Bertz CT molecular complexity index is 321. The molecule has 3 nitrogen and oxygen atoms in total. The van der Waals surface area contributed by atoms with E-state index < -0.39 is 17.6 Å². The van der Waals surface area contributed by atoms with Crippen LogP contribution < -0.4 is 11.1 Å². The molecule has 0 aromatic rings. The summed E-state index contributed by atoms with van der Waals surface area (Å²) in [6, 6.07) is 0. The number of carbonyl (C=O) groups is 1. The second-order valence-electron chi connectivity index (χ2n) is 4.46. The number of carbonyl (C=O) groups excluding carboxylic acids is 1. The molecule has 1 rings (SSSR count). The molecular weight excluding hydrogens is 233 g/mol. The van der Waals surface area contributed by atoms with Crippen molar-refractivity contribution in [2.24, 2.45) is 5.73 Å². The molecule has 3 N–H and O–H groups in total. The van der Waals surface area contributed by atoms with Gasteiger partial charge in [0.1, 0.15) is 0 Å². The van der Waals surface area contributed by atoms with Crippen molar-refractivity contribution in [2.75, 3.05) is 6.54 Å². The van der Waals surface area contributed by atoms with Gasteiger partial charge in [-0.1, -0.05) is 11.6 Å². The van der Waals surface area contributed by atoms with E-state index in [1.165, 1.54) is 5.57 Å². The maximum absolute atomic E-state index is 12.4. The molecule has 0 spiro atoms. The summed E-state index contributed by atoms with van der Waals surface area (Å²) < 4.78 is 37.2. The van der Waals surface area contributed by atoms with Crippen molar-refractivity contribution < 1.29 is 18.0 Å². The van der Waals surface area contributed by atoms with Crippen molar-refractivity contribution in [3.8, 4) is 0 Å². The average molecular weight is 250 g/mol. The smallest absolute Gasteiger partial charge is 0.354 e. The molecule has 0 fully saturated rings. The number of nitrogens with one attached hydrogen (secondary N) is 1. The molecule has 0 saturated heterocycles. The maximum atomic E-state index is 12.4. The highest BCUT2D eigenvalue weighted by molar-refractivity contribution is 5.86. The fourth-order valence-electron chi connectivity index (χ4n) is 1.61. The van der Waals surface area contributed by atoms with Crippen LogP contribution in [0.3, 0.4) is 0 Å². The van der Waals surface area contributed by atoms with Crippen LogP contribution in [0, 0.1) is 0 Å². The number of rotatable bonds is 4. The third-order valence-corrected chi connectivity index (χ3v) is 2.93. The van der Waals surface area contributed by atoms with E-state index in [4.69, 9.17) is 5.73 Å². The Morgan fingerprint density at radius 2 is 2.18 bits per heavy atom. The normalized spacial score (nSPS) is 19.7. The van der Waals surface area contributed by atoms with E-state index in [-0.39, 0.29) is 6.54 Å². The Kier molecular flexibility index (Phi) is 4.19. The molecule has 98 valence electrons. The van der Waals surface area contributed by atoms with Crippen LogP contribution in [0.5, 0.6) is 0 Å². The van der Waals surface area contributed by atoms with Gasteiger partial charge in [0.15, 0.2) is 5.54 Å². The first-order valence-electron chi connectivity index (χ1n) is 5.57. The first-order chi connectivity index (χ1) is 7.75. The van der Waals surface area contributed by atoms with Gasteiger partial charge in [0.05, 0.1) is 0 Å². The molecule has 17 heavy (non-hydrogen) atoms. The van der Waals surface area contributed by atoms with Crippen LogP contribution in [0.2, 0.25) is 0 Å². The lowest BCUT2D eigenvalue weighted by atomic mass is 10.0. The van der Waals surface area contributed by atoms with Gasteiger partial charge in [0.2, 0.25) is 5.91 Å². The summed E-state index contributed by atoms with van der Waals surface area (Å²) in [6.45, 7) is 0.880. The van der Waals surface area contributed by atoms with Gasteiger partial charge in [-0.3, -0.25) is 4.79 Å². The number of alkyl halides is 3. The molecule has 0 saturated carbocycles. The Morgan fingerprint density at radius 3 is 2.65 bits per heavy atom. The summed E-state index contributed by atoms with van der Waals surface area (Å²) in [5.41, 5.74) is 3.35. The zero-order valence-corrected chi connectivity index (χ0v) is 9.73. The van der Waals surface area contributed by atoms with Crippen molar-refractivity contribution >= 4 is 5.91 Å². The molecule has 6 heteroatoms. The van der Waals surface area contributed by atoms with E-state index in [1.807, 2.05) is 0 Å². The molecular formula is C11H17F3N2O. The highest BCUT2D eigenvalue weighted by atomic mass is 19.4. The second kappa shape index (κ2) is 5.08. The molecule has 0 aromatic carbocycles. The highest BCUT2D eigenvalue weighted by Crippen LogP contribution is 2.28. The van der Waals surface area contributed by atoms with Crippen LogP contribution in [0.25, 0.3) is 0 Å². The van der Waals surface area contributed by atoms with Crippen LogP contribution in [-0.4, -0.2) is 24.2 Å². The monoisotopic (exact) mass is 250 g/mol. The molecule has 0 aromatic heterocycles. The Balaban J connectivity index is 2.39. The molecule has 1 aliphatic carbocycles. The number of amides is 1. The zero-order chi connectivity index (χ0) is 13.1. The van der Waals surface area contributed by atoms with Crippen molar-refractivity contribution in [2.45, 2.75) is 44.3 Å². The summed E-state index contributed by atoms with van der Waals surface area (Å²) in [7, 11) is 0. The number of allylic oxidation sites excluding steroid dienone is 1. The average Bonchev–Trinajstić information content (AvgIpc) is 2.68. The predicted molar refractivity (Wildman–Crippen MR) is 58.2 cm³/mol. The van der Waals surface area contributed by atoms with Gasteiger partial charge in [-0.2, -0.15) is 13.2 Å². The zero-order valence-electron chi connectivity index (χ0n) is 9.73. The minimum absolute atomic E-state index is 0.202. The van der Waals surface area contributed by atoms with E-state index in [0.717, 1.165) is 19.3 Å². The lowest BCUT2D eigenvalue weighted by Gasteiger charge is -2.26. The van der Waals surface area contributed by atoms with Gasteiger partial charge in [0.25, 0.3) is 0 Å². The molecule has 0 heterocycles. The minimum atomic E-state index is -4.73. The largest absolute Gasteiger partial charge is 0.415 e. The van der Waals surface area contributed by atoms with Crippen molar-refractivity contribution in [1.29, 1.82) is 0 Å². The molecule has 1 amide bonds. The fourth-order valence-corrected chi connectivity index (χ4v) is 1.61. The van der Waals surface area contributed by atoms with Crippen LogP contribution >= 0.6 is 0 Å². The topological polar surface area (TPSA) is 55.1 Å². The number of hydrogen-bond donors (Lipinski definition) is 2. The van der Waals surface area contributed by atoms with E-state index in [1.54, 1.807) is 0 Å². The fraction of sp³-hybridized carbons (Fsp3) is 0.727. The number of halogens is 3. The predicted octanol–water partition coefficient (Wildman–Crippen LogP) is 1.88. The second-order valence-corrected chi connectivity index (χ2v) is 4.46. The lowest BCUT2D eigenvalue weighted by molar-refractivity contribution is -0.187. The molecule has 0 aliphatic heterocycles. The molecule has 0 radical (unpaired) electrons. The van der Waals surface area contributed by atoms with Crippen LogP contribution in [0.1, 0.15) is 32.6 Å². The van der Waals surface area contributed by atoms with Gasteiger partial charge in [-0.15, -0.1) is 0 Å². The van der Waals surface area contributed by atoms with E-state index in [2.05, 4.69) is 11.4 Å². The minimum Gasteiger partial charge on any atom is -0.354 e. The quantitative estimate of drug-likeness (QED) is 0.748. The summed E-state index contributed by atoms with van der Waals surface area (Å²) >= 11 is 0. The third-order valence-electron chi connectivity index (χ3n) is 2.93. The van der Waals surface area contributed by atoms with Crippen LogP contribution in [0.15, 0.2) is 11.6 Å². The summed E-state index contributed by atoms with van der Waals surface area (Å²) in [4.78, 5) is 11.3. The van der Waals surface area contributed by atoms with Crippen molar-refractivity contribution in [1.82, 2.24) is 5.32 Å². The summed E-state index contributed by atoms with van der Waals surface area (Å²) in [5.74, 6) is -1.18. The van der Waals surface area contributed by atoms with Crippen LogP contribution in [0.4, 0.5) is 13.2 Å². The van der Waals surface area contributed by atoms with Gasteiger partial charge in [-0.05, 0) is 32.6 Å². The molecule has 0 bridgehead atoms.